The maximum atomic E-state index is 6.04. The number of hydrogen-bond acceptors (Lipinski definition) is 4. The van der Waals surface area contributed by atoms with Gasteiger partial charge >= 0.3 is 0 Å². The van der Waals surface area contributed by atoms with E-state index in [1.54, 1.807) is 0 Å². The van der Waals surface area contributed by atoms with Gasteiger partial charge in [-0.1, -0.05) is 6.42 Å². The first-order valence-corrected chi connectivity index (χ1v) is 6.49. The molecule has 0 aliphatic heterocycles. The van der Waals surface area contributed by atoms with Crippen molar-refractivity contribution < 1.29 is 4.74 Å². The standard InChI is InChI=1S/C13H21N3O/c1-3-17-9(2)13-15-11-8-6-4-5-7-10(11)12(14)16-13/h9H,3-8H2,1-2H3,(H2,14,15,16). The Bertz CT molecular complexity index is 392. The van der Waals surface area contributed by atoms with Crippen LogP contribution in [0.25, 0.3) is 0 Å². The molecule has 0 amide bonds. The molecule has 1 aliphatic carbocycles. The molecule has 1 aromatic heterocycles. The Morgan fingerprint density at radius 1 is 1.24 bits per heavy atom. The molecule has 17 heavy (non-hydrogen) atoms. The molecular formula is C13H21N3O. The van der Waals surface area contributed by atoms with Crippen molar-refractivity contribution in [3.8, 4) is 0 Å². The van der Waals surface area contributed by atoms with Crippen molar-refractivity contribution in [3.63, 3.8) is 0 Å². The molecule has 2 N–H and O–H groups in total. The highest BCUT2D eigenvalue weighted by molar-refractivity contribution is 5.43. The van der Waals surface area contributed by atoms with Gasteiger partial charge in [0.15, 0.2) is 5.82 Å². The van der Waals surface area contributed by atoms with Gasteiger partial charge in [0.2, 0.25) is 0 Å². The Labute approximate surface area is 103 Å². The van der Waals surface area contributed by atoms with Gasteiger partial charge in [-0.15, -0.1) is 0 Å². The van der Waals surface area contributed by atoms with E-state index in [0.717, 1.165) is 29.9 Å². The summed E-state index contributed by atoms with van der Waals surface area (Å²) in [5.41, 5.74) is 8.34. The number of aromatic nitrogens is 2. The third-order valence-corrected chi connectivity index (χ3v) is 3.26. The number of fused-ring (bicyclic) bond motifs is 1. The summed E-state index contributed by atoms with van der Waals surface area (Å²) in [7, 11) is 0. The predicted octanol–water partition coefficient (Wildman–Crippen LogP) is 2.43. The minimum atomic E-state index is -0.0733. The fourth-order valence-electron chi connectivity index (χ4n) is 2.33. The Balaban J connectivity index is 2.31. The average molecular weight is 235 g/mol. The van der Waals surface area contributed by atoms with Crippen LogP contribution in [0.15, 0.2) is 0 Å². The van der Waals surface area contributed by atoms with Gasteiger partial charge in [-0.3, -0.25) is 0 Å². The van der Waals surface area contributed by atoms with E-state index >= 15 is 0 Å². The van der Waals surface area contributed by atoms with Crippen molar-refractivity contribution in [2.45, 2.75) is 52.1 Å². The molecule has 1 heterocycles. The van der Waals surface area contributed by atoms with Crippen LogP contribution in [0.3, 0.4) is 0 Å². The summed E-state index contributed by atoms with van der Waals surface area (Å²) >= 11 is 0. The van der Waals surface area contributed by atoms with Crippen molar-refractivity contribution in [3.05, 3.63) is 17.1 Å². The predicted molar refractivity (Wildman–Crippen MR) is 67.7 cm³/mol. The number of ether oxygens (including phenoxy) is 1. The lowest BCUT2D eigenvalue weighted by atomic mass is 10.1. The Kier molecular flexibility index (Phi) is 3.94. The third-order valence-electron chi connectivity index (χ3n) is 3.26. The monoisotopic (exact) mass is 235 g/mol. The van der Waals surface area contributed by atoms with E-state index in [0.29, 0.717) is 12.4 Å². The molecule has 0 aromatic carbocycles. The lowest BCUT2D eigenvalue weighted by Gasteiger charge is -2.14. The second kappa shape index (κ2) is 5.45. The van der Waals surface area contributed by atoms with Crippen molar-refractivity contribution in [1.82, 2.24) is 9.97 Å². The van der Waals surface area contributed by atoms with Gasteiger partial charge in [-0.05, 0) is 39.5 Å². The lowest BCUT2D eigenvalue weighted by molar-refractivity contribution is 0.0699. The van der Waals surface area contributed by atoms with Crippen molar-refractivity contribution in [2.24, 2.45) is 0 Å². The quantitative estimate of drug-likeness (QED) is 0.817. The number of aryl methyl sites for hydroxylation is 1. The zero-order valence-corrected chi connectivity index (χ0v) is 10.7. The molecule has 1 atom stereocenters. The fourth-order valence-corrected chi connectivity index (χ4v) is 2.33. The van der Waals surface area contributed by atoms with Crippen LogP contribution in [0.2, 0.25) is 0 Å². The van der Waals surface area contributed by atoms with E-state index in [4.69, 9.17) is 10.5 Å². The second-order valence-electron chi connectivity index (χ2n) is 4.55. The molecule has 4 heteroatoms. The smallest absolute Gasteiger partial charge is 0.159 e. The van der Waals surface area contributed by atoms with Gasteiger partial charge in [0.25, 0.3) is 0 Å². The Hall–Kier alpha value is -1.16. The topological polar surface area (TPSA) is 61.0 Å². The third kappa shape index (κ3) is 2.75. The van der Waals surface area contributed by atoms with E-state index in [-0.39, 0.29) is 6.10 Å². The van der Waals surface area contributed by atoms with Gasteiger partial charge in [0, 0.05) is 17.9 Å². The van der Waals surface area contributed by atoms with Gasteiger partial charge in [0.1, 0.15) is 11.9 Å². The highest BCUT2D eigenvalue weighted by Gasteiger charge is 2.17. The maximum Gasteiger partial charge on any atom is 0.159 e. The van der Waals surface area contributed by atoms with E-state index in [1.165, 1.54) is 19.3 Å². The van der Waals surface area contributed by atoms with E-state index < -0.39 is 0 Å². The first-order chi connectivity index (χ1) is 8.22. The molecule has 1 aromatic rings. The molecule has 0 radical (unpaired) electrons. The zero-order valence-electron chi connectivity index (χ0n) is 10.7. The normalized spacial score (nSPS) is 17.3. The van der Waals surface area contributed by atoms with Gasteiger partial charge in [-0.25, -0.2) is 9.97 Å². The summed E-state index contributed by atoms with van der Waals surface area (Å²) in [4.78, 5) is 9.02. The highest BCUT2D eigenvalue weighted by atomic mass is 16.5. The van der Waals surface area contributed by atoms with E-state index in [9.17, 15) is 0 Å². The van der Waals surface area contributed by atoms with Crippen molar-refractivity contribution >= 4 is 5.82 Å². The van der Waals surface area contributed by atoms with Gasteiger partial charge in [0.05, 0.1) is 0 Å². The Morgan fingerprint density at radius 3 is 2.76 bits per heavy atom. The number of rotatable bonds is 3. The number of anilines is 1. The van der Waals surface area contributed by atoms with Crippen LogP contribution in [-0.2, 0) is 17.6 Å². The fraction of sp³-hybridized carbons (Fsp3) is 0.692. The first kappa shape index (κ1) is 12.3. The van der Waals surface area contributed by atoms with Crippen LogP contribution >= 0.6 is 0 Å². The van der Waals surface area contributed by atoms with Crippen LogP contribution in [0, 0.1) is 0 Å². The Morgan fingerprint density at radius 2 is 2.00 bits per heavy atom. The molecule has 4 nitrogen and oxygen atoms in total. The minimum absolute atomic E-state index is 0.0733. The minimum Gasteiger partial charge on any atom is -0.383 e. The molecule has 1 aliphatic rings. The SMILES string of the molecule is CCOC(C)c1nc(N)c2c(n1)CCCCC2. The number of nitrogens with two attached hydrogens (primary N) is 1. The average Bonchev–Trinajstić information content (AvgIpc) is 2.54. The van der Waals surface area contributed by atoms with Crippen LogP contribution in [0.1, 0.15) is 56.3 Å². The summed E-state index contributed by atoms with van der Waals surface area (Å²) in [6, 6.07) is 0. The molecule has 0 spiro atoms. The lowest BCUT2D eigenvalue weighted by Crippen LogP contribution is -2.12. The van der Waals surface area contributed by atoms with Crippen molar-refractivity contribution in [1.29, 1.82) is 0 Å². The zero-order chi connectivity index (χ0) is 12.3. The van der Waals surface area contributed by atoms with Gasteiger partial charge in [-0.2, -0.15) is 0 Å². The molecule has 0 bridgehead atoms. The van der Waals surface area contributed by atoms with Crippen LogP contribution in [0.5, 0.6) is 0 Å². The van der Waals surface area contributed by atoms with Crippen molar-refractivity contribution in [2.75, 3.05) is 12.3 Å². The maximum absolute atomic E-state index is 6.04. The van der Waals surface area contributed by atoms with E-state index in [1.807, 2.05) is 13.8 Å². The summed E-state index contributed by atoms with van der Waals surface area (Å²) in [5.74, 6) is 1.38. The van der Waals surface area contributed by atoms with Crippen LogP contribution in [-0.4, -0.2) is 16.6 Å². The number of nitrogens with zero attached hydrogens (tertiary/aromatic N) is 2. The summed E-state index contributed by atoms with van der Waals surface area (Å²) in [6.07, 6.45) is 5.62. The summed E-state index contributed by atoms with van der Waals surface area (Å²) in [6.45, 7) is 4.62. The van der Waals surface area contributed by atoms with Crippen LogP contribution < -0.4 is 5.73 Å². The number of hydrogen-bond donors (Lipinski definition) is 1. The molecule has 0 fully saturated rings. The molecular weight excluding hydrogens is 214 g/mol. The van der Waals surface area contributed by atoms with E-state index in [2.05, 4.69) is 9.97 Å². The molecule has 1 unspecified atom stereocenters. The summed E-state index contributed by atoms with van der Waals surface area (Å²) in [5, 5.41) is 0. The molecule has 0 saturated heterocycles. The molecule has 94 valence electrons. The second-order valence-corrected chi connectivity index (χ2v) is 4.55. The first-order valence-electron chi connectivity index (χ1n) is 6.49. The molecule has 2 rings (SSSR count). The van der Waals surface area contributed by atoms with Gasteiger partial charge < -0.3 is 10.5 Å². The largest absolute Gasteiger partial charge is 0.383 e. The molecule has 0 saturated carbocycles. The number of nitrogen functional groups attached to an aromatic ring is 1. The van der Waals surface area contributed by atoms with Crippen LogP contribution in [0.4, 0.5) is 5.82 Å². The highest BCUT2D eigenvalue weighted by Crippen LogP contribution is 2.25. The summed E-state index contributed by atoms with van der Waals surface area (Å²) < 4.78 is 5.52.